The van der Waals surface area contributed by atoms with E-state index in [0.29, 0.717) is 5.92 Å². The van der Waals surface area contributed by atoms with Crippen LogP contribution in [-0.4, -0.2) is 47.4 Å². The minimum absolute atomic E-state index is 0.195. The molecule has 7 nitrogen and oxygen atoms in total. The molecule has 3 aromatic rings. The number of nitriles is 1. The Balaban J connectivity index is 1.37. The van der Waals surface area contributed by atoms with Crippen LogP contribution in [0, 0.1) is 30.1 Å². The van der Waals surface area contributed by atoms with E-state index >= 15 is 0 Å². The predicted molar refractivity (Wildman–Crippen MR) is 127 cm³/mol. The van der Waals surface area contributed by atoms with Crippen LogP contribution in [-0.2, 0) is 11.3 Å². The van der Waals surface area contributed by atoms with Crippen molar-refractivity contribution in [2.75, 3.05) is 32.9 Å². The molecule has 4 heterocycles. The first-order chi connectivity index (χ1) is 16.2. The van der Waals surface area contributed by atoms with Crippen LogP contribution in [0.5, 0.6) is 5.75 Å². The second-order valence-corrected chi connectivity index (χ2v) is 9.25. The number of hydrogen-bond donors (Lipinski definition) is 1. The smallest absolute Gasteiger partial charge is 0.234 e. The van der Waals surface area contributed by atoms with Gasteiger partial charge in [-0.15, -0.1) is 0 Å². The van der Waals surface area contributed by atoms with E-state index in [2.05, 4.69) is 45.0 Å². The molecule has 2 aromatic heterocycles. The molecule has 0 bridgehead atoms. The zero-order valence-electron chi connectivity index (χ0n) is 19.2. The monoisotopic (exact) mass is 445 g/mol. The summed E-state index contributed by atoms with van der Waals surface area (Å²) in [6.07, 6.45) is 6.67. The molecule has 0 amide bonds. The average molecular weight is 446 g/mol. The molecule has 0 radical (unpaired) electrons. The van der Waals surface area contributed by atoms with Crippen molar-refractivity contribution in [3.05, 3.63) is 41.9 Å². The van der Waals surface area contributed by atoms with Crippen molar-refractivity contribution < 1.29 is 9.47 Å². The van der Waals surface area contributed by atoms with Gasteiger partial charge in [0.05, 0.1) is 18.9 Å². The Bertz CT molecular complexity index is 1150. The highest BCUT2D eigenvalue weighted by Crippen LogP contribution is 2.31. The summed E-state index contributed by atoms with van der Waals surface area (Å²) in [7, 11) is 0. The lowest BCUT2D eigenvalue weighted by Crippen LogP contribution is -2.28. The van der Waals surface area contributed by atoms with E-state index in [-0.39, 0.29) is 5.82 Å². The molecule has 7 heteroatoms. The number of ether oxygens (including phenoxy) is 2. The van der Waals surface area contributed by atoms with Crippen LogP contribution in [0.3, 0.4) is 0 Å². The third-order valence-corrected chi connectivity index (χ3v) is 6.89. The summed E-state index contributed by atoms with van der Waals surface area (Å²) in [5.74, 6) is 2.34. The van der Waals surface area contributed by atoms with Crippen LogP contribution in [0.4, 0.5) is 0 Å². The fourth-order valence-corrected chi connectivity index (χ4v) is 4.95. The topological polar surface area (TPSA) is 85.0 Å². The largest absolute Gasteiger partial charge is 0.493 e. The van der Waals surface area contributed by atoms with Crippen LogP contribution in [0.25, 0.3) is 22.3 Å². The number of piperidine rings is 1. The summed E-state index contributed by atoms with van der Waals surface area (Å²) in [5, 5.41) is 13.9. The fourth-order valence-electron chi connectivity index (χ4n) is 4.95. The highest BCUT2D eigenvalue weighted by molar-refractivity contribution is 5.91. The Morgan fingerprint density at radius 1 is 1.18 bits per heavy atom. The highest BCUT2D eigenvalue weighted by Gasteiger charge is 2.20. The van der Waals surface area contributed by atoms with Gasteiger partial charge in [-0.25, -0.2) is 9.97 Å². The van der Waals surface area contributed by atoms with Crippen molar-refractivity contribution in [3.8, 4) is 23.1 Å². The van der Waals surface area contributed by atoms with E-state index in [0.717, 1.165) is 91.8 Å². The van der Waals surface area contributed by atoms with Crippen LogP contribution < -0.4 is 10.1 Å². The summed E-state index contributed by atoms with van der Waals surface area (Å²) in [5.41, 5.74) is 3.65. The van der Waals surface area contributed by atoms with E-state index in [1.807, 2.05) is 18.3 Å². The van der Waals surface area contributed by atoms with Gasteiger partial charge >= 0.3 is 0 Å². The minimum atomic E-state index is 0.195. The fraction of sp³-hybridized carbons (Fsp3) is 0.500. The van der Waals surface area contributed by atoms with Crippen molar-refractivity contribution in [2.24, 2.45) is 11.8 Å². The number of rotatable bonds is 7. The second-order valence-electron chi connectivity index (χ2n) is 9.25. The van der Waals surface area contributed by atoms with Gasteiger partial charge in [-0.1, -0.05) is 0 Å². The summed E-state index contributed by atoms with van der Waals surface area (Å²) in [6.45, 7) is 7.49. The van der Waals surface area contributed by atoms with Crippen molar-refractivity contribution in [2.45, 2.75) is 39.2 Å². The Morgan fingerprint density at radius 3 is 2.82 bits per heavy atom. The molecule has 0 aliphatic carbocycles. The van der Waals surface area contributed by atoms with Gasteiger partial charge in [0.25, 0.3) is 0 Å². The van der Waals surface area contributed by atoms with Gasteiger partial charge in [-0.05, 0) is 81.4 Å². The second kappa shape index (κ2) is 9.90. The highest BCUT2D eigenvalue weighted by atomic mass is 16.5. The molecule has 1 aromatic carbocycles. The number of benzene rings is 1. The lowest BCUT2D eigenvalue weighted by Gasteiger charge is -2.22. The minimum Gasteiger partial charge on any atom is -0.493 e. The average Bonchev–Trinajstić information content (AvgIpc) is 3.51. The van der Waals surface area contributed by atoms with Gasteiger partial charge in [0, 0.05) is 36.2 Å². The van der Waals surface area contributed by atoms with Gasteiger partial charge in [0.15, 0.2) is 0 Å². The molecule has 2 fully saturated rings. The molecule has 172 valence electrons. The number of fused-ring (bicyclic) bond motifs is 1. The molecular formula is C26H31N5O2. The first-order valence-corrected chi connectivity index (χ1v) is 12.0. The molecule has 0 spiro atoms. The Morgan fingerprint density at radius 2 is 2.06 bits per heavy atom. The predicted octanol–water partition coefficient (Wildman–Crippen LogP) is 4.08. The molecule has 33 heavy (non-hydrogen) atoms. The number of nitrogens with zero attached hydrogens (tertiary/aromatic N) is 4. The molecule has 2 saturated heterocycles. The molecule has 0 saturated carbocycles. The normalized spacial score (nSPS) is 19.1. The zero-order chi connectivity index (χ0) is 22.6. The van der Waals surface area contributed by atoms with Gasteiger partial charge in [0.2, 0.25) is 5.82 Å². The quantitative estimate of drug-likeness (QED) is 0.590. The SMILES string of the molecule is Cc1cc(-c2nc(C#N)nc3c2ccn3CC2CCOC2)ccc1OCCC1CCNCC1. The molecule has 2 aliphatic rings. The zero-order valence-corrected chi connectivity index (χ0v) is 19.2. The first kappa shape index (κ1) is 21.9. The number of aromatic nitrogens is 3. The van der Waals surface area contributed by atoms with E-state index in [9.17, 15) is 5.26 Å². The van der Waals surface area contributed by atoms with Gasteiger partial charge in [-0.2, -0.15) is 5.26 Å². The Hall–Kier alpha value is -2.95. The first-order valence-electron chi connectivity index (χ1n) is 12.0. The molecule has 5 rings (SSSR count). The summed E-state index contributed by atoms with van der Waals surface area (Å²) in [6, 6.07) is 10.4. The lowest BCUT2D eigenvalue weighted by molar-refractivity contribution is 0.182. The maximum absolute atomic E-state index is 9.56. The Kier molecular flexibility index (Phi) is 6.56. The maximum Gasteiger partial charge on any atom is 0.234 e. The van der Waals surface area contributed by atoms with Gasteiger partial charge in [-0.3, -0.25) is 0 Å². The Labute approximate surface area is 194 Å². The summed E-state index contributed by atoms with van der Waals surface area (Å²) >= 11 is 0. The van der Waals surface area contributed by atoms with Crippen LogP contribution in [0.1, 0.15) is 37.1 Å². The summed E-state index contributed by atoms with van der Waals surface area (Å²) < 4.78 is 13.8. The number of aryl methyl sites for hydroxylation is 1. The van der Waals surface area contributed by atoms with Gasteiger partial charge < -0.3 is 19.4 Å². The number of hydrogen-bond acceptors (Lipinski definition) is 6. The molecule has 1 N–H and O–H groups in total. The summed E-state index contributed by atoms with van der Waals surface area (Å²) in [4.78, 5) is 9.10. The third-order valence-electron chi connectivity index (χ3n) is 6.89. The molecule has 2 aliphatic heterocycles. The van der Waals surface area contributed by atoms with Crippen molar-refractivity contribution >= 4 is 11.0 Å². The van der Waals surface area contributed by atoms with E-state index in [1.165, 1.54) is 12.8 Å². The van der Waals surface area contributed by atoms with Crippen molar-refractivity contribution in [3.63, 3.8) is 0 Å². The van der Waals surface area contributed by atoms with E-state index in [4.69, 9.17) is 9.47 Å². The van der Waals surface area contributed by atoms with Crippen LogP contribution >= 0.6 is 0 Å². The van der Waals surface area contributed by atoms with Crippen molar-refractivity contribution in [1.29, 1.82) is 5.26 Å². The van der Waals surface area contributed by atoms with Crippen molar-refractivity contribution in [1.82, 2.24) is 19.9 Å². The van der Waals surface area contributed by atoms with Gasteiger partial charge in [0.1, 0.15) is 17.5 Å². The maximum atomic E-state index is 9.56. The van der Waals surface area contributed by atoms with Crippen LogP contribution in [0.2, 0.25) is 0 Å². The standard InChI is InChI=1S/C26H31N5O2/c1-18-14-21(2-3-23(18)33-13-8-19-4-9-28-10-5-19)25-22-6-11-31(16-20-7-12-32-17-20)26(22)30-24(15-27)29-25/h2-3,6,11,14,19-20,28H,4-5,7-10,12-13,16-17H2,1H3. The van der Waals surface area contributed by atoms with Crippen LogP contribution in [0.15, 0.2) is 30.5 Å². The van der Waals surface area contributed by atoms with E-state index in [1.54, 1.807) is 0 Å². The lowest BCUT2D eigenvalue weighted by atomic mass is 9.95. The third kappa shape index (κ3) is 4.87. The molecule has 1 atom stereocenters. The molecule has 1 unspecified atom stereocenters. The number of nitrogens with one attached hydrogen (secondary N) is 1. The van der Waals surface area contributed by atoms with E-state index < -0.39 is 0 Å². The molecular weight excluding hydrogens is 414 g/mol.